The smallest absolute Gasteiger partial charge is 0.336 e. The number of aromatic nitrogens is 1. The van der Waals surface area contributed by atoms with Crippen molar-refractivity contribution in [3.05, 3.63) is 94.6 Å². The van der Waals surface area contributed by atoms with Gasteiger partial charge >= 0.3 is 11.9 Å². The number of nitrogens with zero attached hydrogens (tertiary/aromatic N) is 1. The van der Waals surface area contributed by atoms with Crippen molar-refractivity contribution in [3.63, 3.8) is 0 Å². The van der Waals surface area contributed by atoms with Crippen LogP contribution in [0.15, 0.2) is 72.8 Å². The number of phenols is 1. The molecule has 0 aliphatic carbocycles. The minimum absolute atomic E-state index is 0.0322. The first-order valence-electron chi connectivity index (χ1n) is 10.5. The molecule has 0 fully saturated rings. The molecule has 0 unspecified atom stereocenters. The van der Waals surface area contributed by atoms with Crippen LogP contribution in [0.1, 0.15) is 26.4 Å². The first kappa shape index (κ1) is 23.7. The van der Waals surface area contributed by atoms with Gasteiger partial charge in [-0.2, -0.15) is 0 Å². The van der Waals surface area contributed by atoms with Gasteiger partial charge in [-0.3, -0.25) is 4.79 Å². The maximum atomic E-state index is 12.9. The van der Waals surface area contributed by atoms with Crippen LogP contribution >= 0.6 is 11.6 Å². The van der Waals surface area contributed by atoms with Crippen LogP contribution in [-0.2, 0) is 11.2 Å². The summed E-state index contributed by atoms with van der Waals surface area (Å²) >= 11 is 6.07. The SMILES string of the molecule is O=C(N[C@@H](Cc1ccc(O)cc1)C(=O)O)c1cc(C(=O)O)c2cc(-c3cccc(Cl)c3)ccc2n1. The van der Waals surface area contributed by atoms with Crippen LogP contribution in [0.3, 0.4) is 0 Å². The number of halogens is 1. The highest BCUT2D eigenvalue weighted by molar-refractivity contribution is 6.30. The Balaban J connectivity index is 1.67. The minimum Gasteiger partial charge on any atom is -0.508 e. The number of carboxylic acids is 2. The second-order valence-electron chi connectivity index (χ2n) is 7.84. The molecule has 4 rings (SSSR count). The molecule has 176 valence electrons. The average Bonchev–Trinajstić information content (AvgIpc) is 2.83. The Labute approximate surface area is 204 Å². The van der Waals surface area contributed by atoms with Gasteiger partial charge in [0.1, 0.15) is 17.5 Å². The van der Waals surface area contributed by atoms with E-state index < -0.39 is 23.9 Å². The minimum atomic E-state index is -1.29. The number of fused-ring (bicyclic) bond motifs is 1. The average molecular weight is 491 g/mol. The third-order valence-corrected chi connectivity index (χ3v) is 5.64. The van der Waals surface area contributed by atoms with Crippen molar-refractivity contribution in [3.8, 4) is 16.9 Å². The van der Waals surface area contributed by atoms with Gasteiger partial charge in [0, 0.05) is 16.8 Å². The molecular weight excluding hydrogens is 472 g/mol. The molecule has 0 radical (unpaired) electrons. The molecule has 0 saturated carbocycles. The first-order valence-corrected chi connectivity index (χ1v) is 10.8. The monoisotopic (exact) mass is 490 g/mol. The van der Waals surface area contributed by atoms with Crippen molar-refractivity contribution in [2.45, 2.75) is 12.5 Å². The van der Waals surface area contributed by atoms with Crippen LogP contribution in [0.5, 0.6) is 5.75 Å². The van der Waals surface area contributed by atoms with Crippen LogP contribution in [0.25, 0.3) is 22.0 Å². The normalized spacial score (nSPS) is 11.7. The predicted molar refractivity (Wildman–Crippen MR) is 130 cm³/mol. The summed E-state index contributed by atoms with van der Waals surface area (Å²) in [5.41, 5.74) is 2.00. The number of aromatic carboxylic acids is 1. The fraction of sp³-hybridized carbons (Fsp3) is 0.0769. The fourth-order valence-electron chi connectivity index (χ4n) is 3.67. The zero-order valence-corrected chi connectivity index (χ0v) is 18.9. The molecule has 1 heterocycles. The Kier molecular flexibility index (Phi) is 6.66. The van der Waals surface area contributed by atoms with Gasteiger partial charge in [-0.15, -0.1) is 0 Å². The van der Waals surface area contributed by atoms with Gasteiger partial charge in [0.2, 0.25) is 0 Å². The number of carbonyl (C=O) groups excluding carboxylic acids is 1. The van der Waals surface area contributed by atoms with E-state index >= 15 is 0 Å². The topological polar surface area (TPSA) is 137 Å². The molecule has 1 amide bonds. The molecule has 1 atom stereocenters. The van der Waals surface area contributed by atoms with Crippen LogP contribution in [0, 0.1) is 0 Å². The van der Waals surface area contributed by atoms with Crippen molar-refractivity contribution in [1.29, 1.82) is 0 Å². The van der Waals surface area contributed by atoms with Gasteiger partial charge in [-0.25, -0.2) is 14.6 Å². The molecule has 0 aliphatic rings. The van der Waals surface area contributed by atoms with E-state index in [9.17, 15) is 29.7 Å². The number of amides is 1. The molecule has 4 N–H and O–H groups in total. The number of carbonyl (C=O) groups is 3. The third-order valence-electron chi connectivity index (χ3n) is 5.41. The number of aromatic hydroxyl groups is 1. The summed E-state index contributed by atoms with van der Waals surface area (Å²) in [6, 6.07) is 17.8. The van der Waals surface area contributed by atoms with E-state index in [2.05, 4.69) is 10.3 Å². The van der Waals surface area contributed by atoms with E-state index in [4.69, 9.17) is 11.6 Å². The highest BCUT2D eigenvalue weighted by Gasteiger charge is 2.23. The summed E-state index contributed by atoms with van der Waals surface area (Å²) in [6.45, 7) is 0. The van der Waals surface area contributed by atoms with Crippen LogP contribution in [-0.4, -0.2) is 44.2 Å². The summed E-state index contributed by atoms with van der Waals surface area (Å²) in [5, 5.41) is 32.0. The van der Waals surface area contributed by atoms with E-state index in [1.54, 1.807) is 48.5 Å². The maximum Gasteiger partial charge on any atom is 0.336 e. The quantitative estimate of drug-likeness (QED) is 0.301. The van der Waals surface area contributed by atoms with Gasteiger partial charge < -0.3 is 20.6 Å². The number of carboxylic acid groups (broad SMARTS) is 2. The number of hydrogen-bond acceptors (Lipinski definition) is 5. The number of nitrogens with one attached hydrogen (secondary N) is 1. The Hall–Kier alpha value is -4.43. The number of rotatable bonds is 7. The van der Waals surface area contributed by atoms with Gasteiger partial charge in [-0.05, 0) is 59.2 Å². The van der Waals surface area contributed by atoms with E-state index in [1.165, 1.54) is 12.1 Å². The van der Waals surface area contributed by atoms with Gasteiger partial charge in [0.15, 0.2) is 0 Å². The van der Waals surface area contributed by atoms with E-state index in [-0.39, 0.29) is 28.9 Å². The van der Waals surface area contributed by atoms with Crippen molar-refractivity contribution >= 4 is 40.3 Å². The van der Waals surface area contributed by atoms with Crippen molar-refractivity contribution in [1.82, 2.24) is 10.3 Å². The lowest BCUT2D eigenvalue weighted by Gasteiger charge is -2.15. The third kappa shape index (κ3) is 5.39. The van der Waals surface area contributed by atoms with E-state index in [1.807, 2.05) is 6.07 Å². The van der Waals surface area contributed by atoms with Crippen LogP contribution < -0.4 is 5.32 Å². The molecule has 35 heavy (non-hydrogen) atoms. The van der Waals surface area contributed by atoms with Gasteiger partial charge in [-0.1, -0.05) is 41.9 Å². The maximum absolute atomic E-state index is 12.9. The van der Waals surface area contributed by atoms with Crippen molar-refractivity contribution < 1.29 is 29.7 Å². The van der Waals surface area contributed by atoms with E-state index in [0.717, 1.165) is 17.2 Å². The lowest BCUT2D eigenvalue weighted by molar-refractivity contribution is -0.139. The highest BCUT2D eigenvalue weighted by Crippen LogP contribution is 2.28. The lowest BCUT2D eigenvalue weighted by Crippen LogP contribution is -2.42. The second-order valence-corrected chi connectivity index (χ2v) is 8.27. The van der Waals surface area contributed by atoms with Gasteiger partial charge in [0.05, 0.1) is 11.1 Å². The molecular formula is C26H19ClN2O6. The Morgan fingerprint density at radius 2 is 1.63 bits per heavy atom. The fourth-order valence-corrected chi connectivity index (χ4v) is 3.86. The predicted octanol–water partition coefficient (Wildman–Crippen LogP) is 4.38. The van der Waals surface area contributed by atoms with Gasteiger partial charge in [0.25, 0.3) is 5.91 Å². The van der Waals surface area contributed by atoms with E-state index in [0.29, 0.717) is 16.0 Å². The van der Waals surface area contributed by atoms with Crippen LogP contribution in [0.4, 0.5) is 0 Å². The second kappa shape index (κ2) is 9.82. The number of pyridine rings is 1. The van der Waals surface area contributed by atoms with Crippen molar-refractivity contribution in [2.75, 3.05) is 0 Å². The van der Waals surface area contributed by atoms with Crippen LogP contribution in [0.2, 0.25) is 5.02 Å². The molecule has 1 aromatic heterocycles. The molecule has 4 aromatic rings. The Morgan fingerprint density at radius 3 is 2.29 bits per heavy atom. The molecule has 0 spiro atoms. The zero-order valence-electron chi connectivity index (χ0n) is 18.1. The molecule has 0 bridgehead atoms. The number of benzene rings is 3. The summed E-state index contributed by atoms with van der Waals surface area (Å²) in [7, 11) is 0. The standard InChI is InChI=1S/C26H19ClN2O6/c27-17-3-1-2-15(11-17)16-6-9-21-19(12-16)20(25(32)33)13-22(28-21)24(31)29-23(26(34)35)10-14-4-7-18(30)8-5-14/h1-9,11-13,23,30H,10H2,(H,29,31)(H,32,33)(H,34,35)/t23-/m0/s1. The molecule has 0 saturated heterocycles. The number of hydrogen-bond donors (Lipinski definition) is 4. The molecule has 0 aliphatic heterocycles. The zero-order chi connectivity index (χ0) is 25.1. The van der Waals surface area contributed by atoms with Crippen molar-refractivity contribution in [2.24, 2.45) is 0 Å². The highest BCUT2D eigenvalue weighted by atomic mass is 35.5. The number of aliphatic carboxylic acids is 1. The summed E-state index contributed by atoms with van der Waals surface area (Å²) in [5.74, 6) is -3.31. The Morgan fingerprint density at radius 1 is 0.914 bits per heavy atom. The first-order chi connectivity index (χ1) is 16.7. The molecule has 8 nitrogen and oxygen atoms in total. The summed E-state index contributed by atoms with van der Waals surface area (Å²) in [6.07, 6.45) is -0.0380. The molecule has 9 heteroatoms. The summed E-state index contributed by atoms with van der Waals surface area (Å²) in [4.78, 5) is 40.9. The number of phenolic OH excluding ortho intramolecular Hbond substituents is 1. The molecule has 3 aromatic carbocycles. The Bertz CT molecular complexity index is 1450. The summed E-state index contributed by atoms with van der Waals surface area (Å²) < 4.78 is 0. The largest absolute Gasteiger partial charge is 0.508 e. The lowest BCUT2D eigenvalue weighted by atomic mass is 10.00.